The molecule has 17 heavy (non-hydrogen) atoms. The molecular formula is C12H11N3OS. The molecule has 0 spiro atoms. The summed E-state index contributed by atoms with van der Waals surface area (Å²) in [5.74, 6) is 1.57. The normalized spacial score (nSPS) is 11.2. The minimum Gasteiger partial charge on any atom is -0.361 e. The van der Waals surface area contributed by atoms with E-state index in [2.05, 4.69) is 15.1 Å². The summed E-state index contributed by atoms with van der Waals surface area (Å²) in [5.41, 5.74) is 3.77. The van der Waals surface area contributed by atoms with Gasteiger partial charge >= 0.3 is 0 Å². The van der Waals surface area contributed by atoms with E-state index in [0.29, 0.717) is 0 Å². The predicted molar refractivity (Wildman–Crippen MR) is 67.1 cm³/mol. The van der Waals surface area contributed by atoms with Gasteiger partial charge in [-0.25, -0.2) is 9.97 Å². The Bertz CT molecular complexity index is 679. The monoisotopic (exact) mass is 245 g/mol. The molecule has 0 saturated carbocycles. The summed E-state index contributed by atoms with van der Waals surface area (Å²) >= 11 is 1.64. The third kappa shape index (κ3) is 1.54. The van der Waals surface area contributed by atoms with Crippen molar-refractivity contribution in [2.75, 3.05) is 0 Å². The molecule has 86 valence electrons. The van der Waals surface area contributed by atoms with Gasteiger partial charge < -0.3 is 4.52 Å². The van der Waals surface area contributed by atoms with Gasteiger partial charge in [0, 0.05) is 0 Å². The highest BCUT2D eigenvalue weighted by molar-refractivity contribution is 7.17. The largest absolute Gasteiger partial charge is 0.361 e. The maximum absolute atomic E-state index is 5.21. The Labute approximate surface area is 102 Å². The van der Waals surface area contributed by atoms with Crippen molar-refractivity contribution in [3.8, 4) is 11.3 Å². The smallest absolute Gasteiger partial charge is 0.143 e. The van der Waals surface area contributed by atoms with Crippen LogP contribution in [-0.4, -0.2) is 15.1 Å². The van der Waals surface area contributed by atoms with Crippen LogP contribution in [0.15, 0.2) is 16.0 Å². The van der Waals surface area contributed by atoms with E-state index in [1.54, 1.807) is 11.3 Å². The van der Waals surface area contributed by atoms with Gasteiger partial charge in [0.05, 0.1) is 27.2 Å². The Hall–Kier alpha value is -1.75. The van der Waals surface area contributed by atoms with Crippen molar-refractivity contribution >= 4 is 21.6 Å². The topological polar surface area (TPSA) is 51.8 Å². The van der Waals surface area contributed by atoms with E-state index in [9.17, 15) is 0 Å². The zero-order chi connectivity index (χ0) is 12.0. The number of aryl methyl sites for hydroxylation is 3. The molecule has 0 unspecified atom stereocenters. The van der Waals surface area contributed by atoms with Crippen molar-refractivity contribution in [3.63, 3.8) is 0 Å². The summed E-state index contributed by atoms with van der Waals surface area (Å²) in [6.07, 6.45) is 0. The summed E-state index contributed by atoms with van der Waals surface area (Å²) < 4.78 is 6.30. The van der Waals surface area contributed by atoms with E-state index in [-0.39, 0.29) is 0 Å². The van der Waals surface area contributed by atoms with Crippen LogP contribution in [0.4, 0.5) is 0 Å². The summed E-state index contributed by atoms with van der Waals surface area (Å²) in [5, 5.41) is 6.01. The van der Waals surface area contributed by atoms with Gasteiger partial charge in [0.15, 0.2) is 0 Å². The van der Waals surface area contributed by atoms with Crippen molar-refractivity contribution in [2.45, 2.75) is 20.8 Å². The number of hydrogen-bond acceptors (Lipinski definition) is 5. The van der Waals surface area contributed by atoms with Crippen LogP contribution in [0.5, 0.6) is 0 Å². The van der Waals surface area contributed by atoms with Crippen LogP contribution >= 0.6 is 11.3 Å². The van der Waals surface area contributed by atoms with Gasteiger partial charge in [-0.1, -0.05) is 5.16 Å². The van der Waals surface area contributed by atoms with Crippen molar-refractivity contribution < 1.29 is 4.52 Å². The Balaban J connectivity index is 2.40. The molecule has 3 rings (SSSR count). The minimum absolute atomic E-state index is 0.769. The molecule has 0 aliphatic heterocycles. The lowest BCUT2D eigenvalue weighted by Crippen LogP contribution is -1.93. The van der Waals surface area contributed by atoms with E-state index in [1.165, 1.54) is 0 Å². The summed E-state index contributed by atoms with van der Waals surface area (Å²) in [4.78, 5) is 8.95. The van der Waals surface area contributed by atoms with Gasteiger partial charge in [0.1, 0.15) is 11.6 Å². The molecule has 0 N–H and O–H groups in total. The van der Waals surface area contributed by atoms with E-state index < -0.39 is 0 Å². The molecule has 5 heteroatoms. The first-order valence-corrected chi connectivity index (χ1v) is 6.20. The van der Waals surface area contributed by atoms with Crippen LogP contribution in [0.3, 0.4) is 0 Å². The number of nitrogens with zero attached hydrogens (tertiary/aromatic N) is 3. The van der Waals surface area contributed by atoms with Crippen LogP contribution in [0.1, 0.15) is 17.3 Å². The second-order valence-corrected chi connectivity index (χ2v) is 4.87. The molecule has 0 radical (unpaired) electrons. The summed E-state index contributed by atoms with van der Waals surface area (Å²) in [6.45, 7) is 5.74. The van der Waals surface area contributed by atoms with E-state index in [1.807, 2.05) is 32.2 Å². The molecule has 0 aromatic carbocycles. The molecule has 0 saturated heterocycles. The number of aromatic nitrogens is 3. The first-order valence-electron chi connectivity index (χ1n) is 5.32. The van der Waals surface area contributed by atoms with Crippen LogP contribution in [0, 0.1) is 20.8 Å². The highest BCUT2D eigenvalue weighted by atomic mass is 32.1. The summed E-state index contributed by atoms with van der Waals surface area (Å²) in [7, 11) is 0. The lowest BCUT2D eigenvalue weighted by atomic mass is 10.1. The van der Waals surface area contributed by atoms with Crippen molar-refractivity contribution in [1.29, 1.82) is 0 Å². The van der Waals surface area contributed by atoms with Crippen molar-refractivity contribution in [1.82, 2.24) is 15.1 Å². The zero-order valence-electron chi connectivity index (χ0n) is 9.81. The first-order chi connectivity index (χ1) is 8.16. The lowest BCUT2D eigenvalue weighted by molar-refractivity contribution is 0.393. The average Bonchev–Trinajstić information content (AvgIpc) is 2.85. The number of thiophene rings is 1. The molecule has 3 heterocycles. The van der Waals surface area contributed by atoms with Gasteiger partial charge in [-0.15, -0.1) is 11.3 Å². The molecule has 0 atom stereocenters. The van der Waals surface area contributed by atoms with Crippen molar-refractivity contribution in [3.05, 3.63) is 28.7 Å². The highest BCUT2D eigenvalue weighted by Crippen LogP contribution is 2.33. The molecule has 3 aromatic heterocycles. The van der Waals surface area contributed by atoms with Gasteiger partial charge in [0.2, 0.25) is 0 Å². The zero-order valence-corrected chi connectivity index (χ0v) is 10.6. The number of rotatable bonds is 1. The molecule has 0 aliphatic rings. The molecule has 0 fully saturated rings. The fourth-order valence-electron chi connectivity index (χ4n) is 1.97. The van der Waals surface area contributed by atoms with Gasteiger partial charge in [0.25, 0.3) is 0 Å². The molecule has 3 aromatic rings. The number of fused-ring (bicyclic) bond motifs is 1. The standard InChI is InChI=1S/C12H11N3OS/c1-6-10(7(2)16-15-6)11-12-9(4-5-17-12)13-8(3)14-11/h4-5H,1-3H3. The van der Waals surface area contributed by atoms with Crippen LogP contribution in [0.25, 0.3) is 21.5 Å². The van der Waals surface area contributed by atoms with Crippen LogP contribution in [-0.2, 0) is 0 Å². The first kappa shape index (κ1) is 10.4. The molecular weight excluding hydrogens is 234 g/mol. The Morgan fingerprint density at radius 2 is 2.00 bits per heavy atom. The third-order valence-electron chi connectivity index (χ3n) is 2.69. The van der Waals surface area contributed by atoms with Gasteiger partial charge in [-0.2, -0.15) is 0 Å². The fourth-order valence-corrected chi connectivity index (χ4v) is 2.80. The average molecular weight is 245 g/mol. The predicted octanol–water partition coefficient (Wildman–Crippen LogP) is 3.27. The van der Waals surface area contributed by atoms with Crippen molar-refractivity contribution in [2.24, 2.45) is 0 Å². The number of hydrogen-bond donors (Lipinski definition) is 0. The molecule has 4 nitrogen and oxygen atoms in total. The van der Waals surface area contributed by atoms with Crippen LogP contribution < -0.4 is 0 Å². The molecule has 0 bridgehead atoms. The second-order valence-electron chi connectivity index (χ2n) is 3.95. The Morgan fingerprint density at radius 1 is 1.18 bits per heavy atom. The fraction of sp³-hybridized carbons (Fsp3) is 0.250. The van der Waals surface area contributed by atoms with E-state index in [4.69, 9.17) is 4.52 Å². The highest BCUT2D eigenvalue weighted by Gasteiger charge is 2.17. The quantitative estimate of drug-likeness (QED) is 0.660. The van der Waals surface area contributed by atoms with Gasteiger partial charge in [-0.3, -0.25) is 0 Å². The molecule has 0 amide bonds. The van der Waals surface area contributed by atoms with E-state index in [0.717, 1.165) is 38.8 Å². The minimum atomic E-state index is 0.769. The Morgan fingerprint density at radius 3 is 2.71 bits per heavy atom. The Kier molecular flexibility index (Phi) is 2.22. The lowest BCUT2D eigenvalue weighted by Gasteiger charge is -2.02. The summed E-state index contributed by atoms with van der Waals surface area (Å²) in [6, 6.07) is 2.01. The third-order valence-corrected chi connectivity index (χ3v) is 3.60. The van der Waals surface area contributed by atoms with Gasteiger partial charge in [-0.05, 0) is 32.2 Å². The maximum atomic E-state index is 5.21. The SMILES string of the molecule is Cc1nc(-c2c(C)noc2C)c2sccc2n1. The molecule has 0 aliphatic carbocycles. The second kappa shape index (κ2) is 3.63. The maximum Gasteiger partial charge on any atom is 0.143 e. The van der Waals surface area contributed by atoms with E-state index >= 15 is 0 Å². The van der Waals surface area contributed by atoms with Crippen LogP contribution in [0.2, 0.25) is 0 Å².